The summed E-state index contributed by atoms with van der Waals surface area (Å²) in [4.78, 5) is 4.87. The van der Waals surface area contributed by atoms with E-state index in [1.165, 1.54) is 16.7 Å². The van der Waals surface area contributed by atoms with Crippen LogP contribution in [0.25, 0.3) is 0 Å². The fourth-order valence-electron chi connectivity index (χ4n) is 4.59. The van der Waals surface area contributed by atoms with E-state index < -0.39 is 0 Å². The summed E-state index contributed by atoms with van der Waals surface area (Å²) in [5.74, 6) is 0. The van der Waals surface area contributed by atoms with Crippen molar-refractivity contribution in [1.29, 1.82) is 0 Å². The van der Waals surface area contributed by atoms with E-state index in [4.69, 9.17) is 0 Å². The molecular weight excluding hydrogens is 368 g/mol. The highest BCUT2D eigenvalue weighted by Crippen LogP contribution is 2.28. The third kappa shape index (κ3) is 5.17. The molecular formula is C27H32N2O. The maximum atomic E-state index is 11.2. The van der Waals surface area contributed by atoms with E-state index in [0.29, 0.717) is 12.6 Å². The highest BCUT2D eigenvalue weighted by Gasteiger charge is 2.34. The van der Waals surface area contributed by atoms with Crippen molar-refractivity contribution in [2.24, 2.45) is 0 Å². The van der Waals surface area contributed by atoms with E-state index in [1.54, 1.807) is 0 Å². The molecule has 0 aromatic heterocycles. The van der Waals surface area contributed by atoms with Gasteiger partial charge in [0.05, 0.1) is 6.10 Å². The fourth-order valence-corrected chi connectivity index (χ4v) is 4.59. The third-order valence-electron chi connectivity index (χ3n) is 6.33. The maximum Gasteiger partial charge on any atom is 0.0822 e. The highest BCUT2D eigenvalue weighted by molar-refractivity contribution is 5.20. The van der Waals surface area contributed by atoms with Crippen molar-refractivity contribution in [2.45, 2.75) is 44.6 Å². The Morgan fingerprint density at radius 1 is 0.833 bits per heavy atom. The third-order valence-corrected chi connectivity index (χ3v) is 6.33. The summed E-state index contributed by atoms with van der Waals surface area (Å²) in [5, 5.41) is 11.2. The predicted octanol–water partition coefficient (Wildman–Crippen LogP) is 4.89. The molecule has 0 radical (unpaired) electrons. The molecule has 1 fully saturated rings. The molecule has 30 heavy (non-hydrogen) atoms. The number of likely N-dealkylation sites (tertiary alicyclic amines) is 1. The number of rotatable bonds is 7. The topological polar surface area (TPSA) is 26.7 Å². The molecule has 1 aliphatic rings. The Morgan fingerprint density at radius 2 is 1.33 bits per heavy atom. The molecule has 3 aromatic rings. The van der Waals surface area contributed by atoms with Crippen LogP contribution in [0.4, 0.5) is 0 Å². The zero-order valence-electron chi connectivity index (χ0n) is 17.8. The number of aliphatic hydroxyl groups is 1. The molecule has 1 aliphatic heterocycles. The summed E-state index contributed by atoms with van der Waals surface area (Å²) in [5.41, 5.74) is 3.90. The van der Waals surface area contributed by atoms with Gasteiger partial charge in [-0.3, -0.25) is 9.80 Å². The molecule has 3 nitrogen and oxygen atoms in total. The van der Waals surface area contributed by atoms with Gasteiger partial charge in [0.15, 0.2) is 0 Å². The molecule has 0 spiro atoms. The molecule has 1 N–H and O–H groups in total. The van der Waals surface area contributed by atoms with E-state index in [0.717, 1.165) is 26.1 Å². The van der Waals surface area contributed by atoms with Gasteiger partial charge in [-0.2, -0.15) is 0 Å². The first-order valence-electron chi connectivity index (χ1n) is 11.0. The Labute approximate surface area is 180 Å². The van der Waals surface area contributed by atoms with Crippen LogP contribution >= 0.6 is 0 Å². The molecule has 1 heterocycles. The van der Waals surface area contributed by atoms with Crippen LogP contribution < -0.4 is 0 Å². The molecule has 1 saturated heterocycles. The lowest BCUT2D eigenvalue weighted by Gasteiger charge is -2.44. The zero-order chi connectivity index (χ0) is 20.8. The molecule has 0 saturated carbocycles. The van der Waals surface area contributed by atoms with E-state index in [9.17, 15) is 5.11 Å². The lowest BCUT2D eigenvalue weighted by molar-refractivity contribution is -0.0301. The van der Waals surface area contributed by atoms with E-state index in [1.807, 2.05) is 0 Å². The van der Waals surface area contributed by atoms with Gasteiger partial charge in [-0.1, -0.05) is 91.0 Å². The maximum absolute atomic E-state index is 11.2. The number of aliphatic hydroxyl groups excluding tert-OH is 1. The van der Waals surface area contributed by atoms with Gasteiger partial charge < -0.3 is 5.11 Å². The summed E-state index contributed by atoms with van der Waals surface area (Å²) in [6.07, 6.45) is 0.607. The number of hydrogen-bond acceptors (Lipinski definition) is 3. The molecule has 4 rings (SSSR count). The zero-order valence-corrected chi connectivity index (χ0v) is 17.8. The van der Waals surface area contributed by atoms with Crippen molar-refractivity contribution in [2.75, 3.05) is 13.1 Å². The number of piperidine rings is 1. The first-order chi connectivity index (χ1) is 14.7. The Hall–Kier alpha value is -2.46. The van der Waals surface area contributed by atoms with Crippen molar-refractivity contribution in [3.8, 4) is 0 Å². The molecule has 3 aromatic carbocycles. The molecule has 156 valence electrons. The van der Waals surface area contributed by atoms with E-state index in [2.05, 4.69) is 108 Å². The van der Waals surface area contributed by atoms with E-state index in [-0.39, 0.29) is 12.1 Å². The fraction of sp³-hybridized carbons (Fsp3) is 0.333. The SMILES string of the molecule is CC(c1ccccc1)N1CC[C@H](N(Cc2ccccc2)Cc2ccccc2)[C@@H](O)C1. The van der Waals surface area contributed by atoms with Gasteiger partial charge in [-0.05, 0) is 30.0 Å². The first-order valence-corrected chi connectivity index (χ1v) is 11.0. The van der Waals surface area contributed by atoms with Gasteiger partial charge in [0.2, 0.25) is 0 Å². The van der Waals surface area contributed by atoms with E-state index >= 15 is 0 Å². The monoisotopic (exact) mass is 400 g/mol. The molecule has 1 unspecified atom stereocenters. The standard InChI is InChI=1S/C27H32N2O/c1-22(25-15-9-4-10-16-25)28-18-17-26(27(30)21-28)29(19-23-11-5-2-6-12-23)20-24-13-7-3-8-14-24/h2-16,22,26-27,30H,17-21H2,1H3/t22?,26-,27-/m0/s1. The number of benzene rings is 3. The number of hydrogen-bond donors (Lipinski definition) is 1. The summed E-state index contributed by atoms with van der Waals surface area (Å²) < 4.78 is 0. The molecule has 0 bridgehead atoms. The minimum atomic E-state index is -0.364. The second kappa shape index (κ2) is 10.0. The summed E-state index contributed by atoms with van der Waals surface area (Å²) in [6.45, 7) is 5.66. The molecule has 3 heteroatoms. The van der Waals surface area contributed by atoms with Crippen LogP contribution in [-0.4, -0.2) is 40.1 Å². The van der Waals surface area contributed by atoms with Crippen LogP contribution in [-0.2, 0) is 13.1 Å². The highest BCUT2D eigenvalue weighted by atomic mass is 16.3. The Bertz CT molecular complexity index is 843. The van der Waals surface area contributed by atoms with Crippen molar-refractivity contribution >= 4 is 0 Å². The molecule has 0 aliphatic carbocycles. The summed E-state index contributed by atoms with van der Waals surface area (Å²) in [7, 11) is 0. The molecule has 0 amide bonds. The average molecular weight is 401 g/mol. The Kier molecular flexibility index (Phi) is 6.96. The number of nitrogens with zero attached hydrogens (tertiary/aromatic N) is 2. The average Bonchev–Trinajstić information content (AvgIpc) is 2.80. The Morgan fingerprint density at radius 3 is 1.83 bits per heavy atom. The van der Waals surface area contributed by atoms with Crippen LogP contribution in [0.5, 0.6) is 0 Å². The van der Waals surface area contributed by atoms with Crippen molar-refractivity contribution < 1.29 is 5.11 Å². The van der Waals surface area contributed by atoms with Gasteiger partial charge in [-0.25, -0.2) is 0 Å². The normalized spacial score (nSPS) is 20.9. The van der Waals surface area contributed by atoms with Gasteiger partial charge in [0, 0.05) is 38.3 Å². The predicted molar refractivity (Wildman–Crippen MR) is 123 cm³/mol. The minimum absolute atomic E-state index is 0.157. The van der Waals surface area contributed by atoms with Crippen LogP contribution in [0.3, 0.4) is 0 Å². The van der Waals surface area contributed by atoms with Crippen LogP contribution in [0, 0.1) is 0 Å². The summed E-state index contributed by atoms with van der Waals surface area (Å²) >= 11 is 0. The van der Waals surface area contributed by atoms with Gasteiger partial charge >= 0.3 is 0 Å². The van der Waals surface area contributed by atoms with Crippen molar-refractivity contribution in [1.82, 2.24) is 9.80 Å². The second-order valence-corrected chi connectivity index (χ2v) is 8.38. The first kappa shape index (κ1) is 20.8. The van der Waals surface area contributed by atoms with Gasteiger partial charge in [-0.15, -0.1) is 0 Å². The lowest BCUT2D eigenvalue weighted by atomic mass is 9.95. The van der Waals surface area contributed by atoms with Crippen LogP contribution in [0.15, 0.2) is 91.0 Å². The Balaban J connectivity index is 1.48. The summed E-state index contributed by atoms with van der Waals surface area (Å²) in [6, 6.07) is 32.3. The molecule has 3 atom stereocenters. The number of β-amino-alcohol motifs (C(OH)–C–C–N with tert-alkyl or cyclic N) is 1. The van der Waals surface area contributed by atoms with Crippen LogP contribution in [0.1, 0.15) is 36.1 Å². The second-order valence-electron chi connectivity index (χ2n) is 8.38. The largest absolute Gasteiger partial charge is 0.390 e. The smallest absolute Gasteiger partial charge is 0.0822 e. The van der Waals surface area contributed by atoms with Gasteiger partial charge in [0.1, 0.15) is 0 Å². The van der Waals surface area contributed by atoms with Crippen molar-refractivity contribution in [3.05, 3.63) is 108 Å². The van der Waals surface area contributed by atoms with Gasteiger partial charge in [0.25, 0.3) is 0 Å². The van der Waals surface area contributed by atoms with Crippen molar-refractivity contribution in [3.63, 3.8) is 0 Å². The van der Waals surface area contributed by atoms with Crippen LogP contribution in [0.2, 0.25) is 0 Å². The quantitative estimate of drug-likeness (QED) is 0.612. The lowest BCUT2D eigenvalue weighted by Crippen LogP contribution is -2.54. The minimum Gasteiger partial charge on any atom is -0.390 e.